The fourth-order valence-corrected chi connectivity index (χ4v) is 3.32. The molecular weight excluding hydrogens is 260 g/mol. The van der Waals surface area contributed by atoms with Gasteiger partial charge in [0.15, 0.2) is 0 Å². The molecule has 0 spiro atoms. The first-order chi connectivity index (χ1) is 7.32. The van der Waals surface area contributed by atoms with Gasteiger partial charge in [-0.2, -0.15) is 0 Å². The van der Waals surface area contributed by atoms with Gasteiger partial charge in [0, 0.05) is 4.83 Å². The van der Waals surface area contributed by atoms with E-state index in [0.29, 0.717) is 10.2 Å². The van der Waals surface area contributed by atoms with Gasteiger partial charge in [0.1, 0.15) is 0 Å². The monoisotopic (exact) mass is 282 g/mol. The molecule has 0 aliphatic carbocycles. The maximum absolute atomic E-state index is 3.66. The lowest BCUT2D eigenvalue weighted by Crippen LogP contribution is -2.19. The van der Waals surface area contributed by atoms with Gasteiger partial charge in [0.25, 0.3) is 0 Å². The van der Waals surface area contributed by atoms with Crippen LogP contribution in [0, 0.1) is 19.3 Å². The summed E-state index contributed by atoms with van der Waals surface area (Å²) in [4.78, 5) is 0.590. The van der Waals surface area contributed by atoms with Crippen molar-refractivity contribution in [1.29, 1.82) is 0 Å². The zero-order valence-corrected chi connectivity index (χ0v) is 12.7. The molecule has 0 N–H and O–H groups in total. The lowest BCUT2D eigenvalue weighted by atomic mass is 9.79. The maximum Gasteiger partial charge on any atom is 0.0122 e. The number of halogens is 1. The number of benzene rings is 1. The third-order valence-corrected chi connectivity index (χ3v) is 3.46. The Balaban J connectivity index is 2.87. The van der Waals surface area contributed by atoms with Gasteiger partial charge in [-0.1, -0.05) is 54.9 Å². The van der Waals surface area contributed by atoms with Gasteiger partial charge in [0.2, 0.25) is 0 Å². The number of hydrogen-bond acceptors (Lipinski definition) is 0. The Morgan fingerprint density at radius 2 is 1.69 bits per heavy atom. The van der Waals surface area contributed by atoms with Crippen molar-refractivity contribution < 1.29 is 0 Å². The van der Waals surface area contributed by atoms with Crippen LogP contribution in [0.2, 0.25) is 0 Å². The lowest BCUT2D eigenvalue weighted by Gasteiger charge is -2.27. The van der Waals surface area contributed by atoms with Crippen LogP contribution in [0.5, 0.6) is 0 Å². The van der Waals surface area contributed by atoms with Gasteiger partial charge in [-0.25, -0.2) is 0 Å². The summed E-state index contributed by atoms with van der Waals surface area (Å²) in [6, 6.07) is 6.58. The fraction of sp³-hybridized carbons (Fsp3) is 0.600. The summed E-state index contributed by atoms with van der Waals surface area (Å²) in [7, 11) is 0. The highest BCUT2D eigenvalue weighted by molar-refractivity contribution is 9.09. The number of alkyl halides is 1. The minimum absolute atomic E-state index is 0.361. The topological polar surface area (TPSA) is 0 Å². The van der Waals surface area contributed by atoms with E-state index in [1.807, 2.05) is 0 Å². The zero-order chi connectivity index (χ0) is 12.3. The van der Waals surface area contributed by atoms with Crippen LogP contribution in [-0.2, 0) is 6.42 Å². The molecule has 0 nitrogen and oxygen atoms in total. The minimum Gasteiger partial charge on any atom is -0.0893 e. The zero-order valence-electron chi connectivity index (χ0n) is 11.1. The largest absolute Gasteiger partial charge is 0.0893 e. The van der Waals surface area contributed by atoms with Crippen LogP contribution >= 0.6 is 15.9 Å². The Morgan fingerprint density at radius 1 is 1.19 bits per heavy atom. The average Bonchev–Trinajstić information content (AvgIpc) is 2.09. The van der Waals surface area contributed by atoms with E-state index in [4.69, 9.17) is 0 Å². The number of rotatable bonds is 4. The van der Waals surface area contributed by atoms with Crippen LogP contribution in [-0.4, -0.2) is 4.83 Å². The highest BCUT2D eigenvalue weighted by atomic mass is 79.9. The molecule has 90 valence electrons. The van der Waals surface area contributed by atoms with E-state index in [0.717, 1.165) is 0 Å². The van der Waals surface area contributed by atoms with E-state index in [1.165, 1.54) is 29.5 Å². The molecule has 0 radical (unpaired) electrons. The van der Waals surface area contributed by atoms with Crippen molar-refractivity contribution in [3.05, 3.63) is 34.9 Å². The van der Waals surface area contributed by atoms with Crippen molar-refractivity contribution in [2.45, 2.75) is 52.3 Å². The minimum atomic E-state index is 0.361. The van der Waals surface area contributed by atoms with Crippen molar-refractivity contribution in [2.75, 3.05) is 0 Å². The molecule has 0 saturated carbocycles. The number of hydrogen-bond donors (Lipinski definition) is 0. The molecule has 0 fully saturated rings. The number of aryl methyl sites for hydroxylation is 2. The Kier molecular flexibility index (Phi) is 4.61. The molecule has 1 heteroatoms. The SMILES string of the molecule is Cc1cccc(C)c1CC(C)(C)CC(C)Br. The first kappa shape index (κ1) is 13.8. The molecular formula is C15H23Br. The summed E-state index contributed by atoms with van der Waals surface area (Å²) < 4.78 is 0. The van der Waals surface area contributed by atoms with E-state index < -0.39 is 0 Å². The van der Waals surface area contributed by atoms with Gasteiger partial charge >= 0.3 is 0 Å². The third-order valence-electron chi connectivity index (χ3n) is 3.13. The van der Waals surface area contributed by atoms with Crippen LogP contribution in [0.15, 0.2) is 18.2 Å². The van der Waals surface area contributed by atoms with Gasteiger partial charge in [-0.05, 0) is 48.8 Å². The molecule has 0 bridgehead atoms. The first-order valence-corrected chi connectivity index (χ1v) is 6.92. The second-order valence-electron chi connectivity index (χ2n) is 5.70. The molecule has 0 aliphatic heterocycles. The van der Waals surface area contributed by atoms with Gasteiger partial charge in [-0.15, -0.1) is 0 Å². The first-order valence-electron chi connectivity index (χ1n) is 6.01. The van der Waals surface area contributed by atoms with Crippen molar-refractivity contribution >= 4 is 15.9 Å². The molecule has 1 aromatic rings. The van der Waals surface area contributed by atoms with Crippen LogP contribution in [0.4, 0.5) is 0 Å². The van der Waals surface area contributed by atoms with E-state index in [-0.39, 0.29) is 0 Å². The second kappa shape index (κ2) is 5.35. The molecule has 1 unspecified atom stereocenters. The molecule has 0 saturated heterocycles. The van der Waals surface area contributed by atoms with E-state index in [1.54, 1.807) is 0 Å². The molecule has 0 amide bonds. The highest BCUT2D eigenvalue weighted by Gasteiger charge is 2.22. The van der Waals surface area contributed by atoms with Gasteiger partial charge in [-0.3, -0.25) is 0 Å². The third kappa shape index (κ3) is 3.93. The van der Waals surface area contributed by atoms with Crippen molar-refractivity contribution in [3.8, 4) is 0 Å². The second-order valence-corrected chi connectivity index (χ2v) is 7.26. The predicted molar refractivity (Wildman–Crippen MR) is 76.4 cm³/mol. The molecule has 0 aromatic heterocycles. The van der Waals surface area contributed by atoms with Crippen LogP contribution in [0.3, 0.4) is 0 Å². The van der Waals surface area contributed by atoms with Crippen molar-refractivity contribution in [2.24, 2.45) is 5.41 Å². The fourth-order valence-electron chi connectivity index (χ4n) is 2.44. The summed E-state index contributed by atoms with van der Waals surface area (Å²) in [5.41, 5.74) is 4.74. The van der Waals surface area contributed by atoms with E-state index in [2.05, 4.69) is 68.7 Å². The Bertz CT molecular complexity index is 330. The maximum atomic E-state index is 3.66. The quantitative estimate of drug-likeness (QED) is 0.679. The van der Waals surface area contributed by atoms with Crippen LogP contribution < -0.4 is 0 Å². The smallest absolute Gasteiger partial charge is 0.0122 e. The normalized spacial score (nSPS) is 13.9. The summed E-state index contributed by atoms with van der Waals surface area (Å²) >= 11 is 3.66. The Labute approximate surface area is 109 Å². The van der Waals surface area contributed by atoms with Crippen molar-refractivity contribution in [3.63, 3.8) is 0 Å². The molecule has 1 aromatic carbocycles. The summed E-state index contributed by atoms with van der Waals surface area (Å²) in [5, 5.41) is 0. The molecule has 0 heterocycles. The summed E-state index contributed by atoms with van der Waals surface area (Å²) in [6.07, 6.45) is 2.38. The Hall–Kier alpha value is -0.300. The van der Waals surface area contributed by atoms with E-state index >= 15 is 0 Å². The highest BCUT2D eigenvalue weighted by Crippen LogP contribution is 2.31. The summed E-state index contributed by atoms with van der Waals surface area (Å²) in [6.45, 7) is 11.4. The van der Waals surface area contributed by atoms with Crippen LogP contribution in [0.25, 0.3) is 0 Å². The predicted octanol–water partition coefficient (Wildman–Crippen LogP) is 5.05. The van der Waals surface area contributed by atoms with Crippen LogP contribution in [0.1, 0.15) is 43.9 Å². The molecule has 0 aliphatic rings. The molecule has 1 rings (SSSR count). The standard InChI is InChI=1S/C15H23Br/c1-11-7-6-8-12(2)14(11)10-15(4,5)9-13(3)16/h6-8,13H,9-10H2,1-5H3. The lowest BCUT2D eigenvalue weighted by molar-refractivity contribution is 0.334. The Morgan fingerprint density at radius 3 is 2.12 bits per heavy atom. The average molecular weight is 283 g/mol. The molecule has 1 atom stereocenters. The van der Waals surface area contributed by atoms with Gasteiger partial charge < -0.3 is 0 Å². The van der Waals surface area contributed by atoms with Gasteiger partial charge in [0.05, 0.1) is 0 Å². The summed E-state index contributed by atoms with van der Waals surface area (Å²) in [5.74, 6) is 0. The van der Waals surface area contributed by atoms with Crippen molar-refractivity contribution in [1.82, 2.24) is 0 Å². The van der Waals surface area contributed by atoms with E-state index in [9.17, 15) is 0 Å². The molecule has 16 heavy (non-hydrogen) atoms.